The van der Waals surface area contributed by atoms with Crippen LogP contribution in [0.1, 0.15) is 19.4 Å². The number of rotatable bonds is 3. The zero-order chi connectivity index (χ0) is 14.0. The van der Waals surface area contributed by atoms with Gasteiger partial charge in [-0.15, -0.1) is 0 Å². The summed E-state index contributed by atoms with van der Waals surface area (Å²) in [6.07, 6.45) is 0.570. The number of urea groups is 1. The minimum atomic E-state index is -0.823. The van der Waals surface area contributed by atoms with Crippen molar-refractivity contribution in [2.24, 2.45) is 0 Å². The van der Waals surface area contributed by atoms with Gasteiger partial charge in [0.25, 0.3) is 5.91 Å². The third-order valence-electron chi connectivity index (χ3n) is 3.12. The van der Waals surface area contributed by atoms with Crippen LogP contribution < -0.4 is 17.7 Å². The lowest BCUT2D eigenvalue weighted by Gasteiger charge is -2.15. The first kappa shape index (κ1) is 15.9. The van der Waals surface area contributed by atoms with E-state index in [2.05, 4.69) is 10.3 Å². The van der Waals surface area contributed by atoms with Crippen LogP contribution in [-0.4, -0.2) is 28.9 Å². The van der Waals surface area contributed by atoms with Crippen molar-refractivity contribution in [3.05, 3.63) is 34.8 Å². The van der Waals surface area contributed by atoms with Crippen LogP contribution in [0.4, 0.5) is 10.5 Å². The fraction of sp³-hybridized carbons (Fsp3) is 0.385. The highest BCUT2D eigenvalue weighted by Gasteiger charge is 2.43. The topological polar surface area (TPSA) is 77.6 Å². The van der Waals surface area contributed by atoms with E-state index in [0.717, 1.165) is 5.56 Å². The van der Waals surface area contributed by atoms with Crippen LogP contribution in [0, 0.1) is 5.39 Å². The summed E-state index contributed by atoms with van der Waals surface area (Å²) in [7, 11) is 0. The molecule has 0 unspecified atom stereocenters. The minimum absolute atomic E-state index is 0. The lowest BCUT2D eigenvalue weighted by molar-refractivity contribution is -0.130. The van der Waals surface area contributed by atoms with Crippen LogP contribution in [0.3, 0.4) is 0 Å². The second-order valence-corrected chi connectivity index (χ2v) is 5.03. The van der Waals surface area contributed by atoms with E-state index in [1.807, 2.05) is 0 Å². The maximum atomic E-state index is 12.0. The van der Waals surface area contributed by atoms with E-state index < -0.39 is 5.54 Å². The molecule has 1 heterocycles. The van der Waals surface area contributed by atoms with Crippen molar-refractivity contribution in [1.82, 2.24) is 10.2 Å². The van der Waals surface area contributed by atoms with Gasteiger partial charge in [-0.3, -0.25) is 9.69 Å². The standard InChI is InChI=1S/C13H14N4O2.ClH/c1-13(2)11(18)17(12(19)15-13)8-7-9-3-5-10(16-14)6-4-9;/h3-6H,7-8H2,1-2H3;1H. The second kappa shape index (κ2) is 5.88. The Morgan fingerprint density at radius 3 is 2.30 bits per heavy atom. The molecule has 1 aliphatic heterocycles. The van der Waals surface area contributed by atoms with Crippen LogP contribution in [-0.2, 0) is 11.2 Å². The van der Waals surface area contributed by atoms with Gasteiger partial charge >= 0.3 is 11.7 Å². The molecule has 0 spiro atoms. The molecule has 0 atom stereocenters. The molecule has 20 heavy (non-hydrogen) atoms. The number of benzene rings is 1. The van der Waals surface area contributed by atoms with E-state index in [0.29, 0.717) is 18.7 Å². The van der Waals surface area contributed by atoms with Crippen LogP contribution in [0.2, 0.25) is 0 Å². The molecular weight excluding hydrogens is 280 g/mol. The number of nitrogens with zero attached hydrogens (tertiary/aromatic N) is 3. The Kier molecular flexibility index (Phi) is 4.69. The van der Waals surface area contributed by atoms with Gasteiger partial charge in [0.15, 0.2) is 4.98 Å². The number of halogens is 1. The third-order valence-corrected chi connectivity index (χ3v) is 3.12. The van der Waals surface area contributed by atoms with Gasteiger partial charge in [0, 0.05) is 18.7 Å². The van der Waals surface area contributed by atoms with Crippen LogP contribution in [0.15, 0.2) is 24.3 Å². The van der Waals surface area contributed by atoms with Gasteiger partial charge in [0.2, 0.25) is 5.39 Å². The second-order valence-electron chi connectivity index (χ2n) is 5.03. The molecule has 1 N–H and O–H groups in total. The molecule has 0 aliphatic carbocycles. The van der Waals surface area contributed by atoms with Crippen molar-refractivity contribution in [3.8, 4) is 0 Å². The number of carbonyl (C=O) groups is 2. The molecule has 0 bridgehead atoms. The zero-order valence-corrected chi connectivity index (χ0v) is 12.0. The van der Waals surface area contributed by atoms with Crippen LogP contribution >= 0.6 is 0 Å². The molecular formula is C13H15ClN4O2. The molecule has 1 aromatic rings. The molecule has 7 heteroatoms. The molecule has 1 saturated heterocycles. The number of diazo groups is 1. The Morgan fingerprint density at radius 1 is 1.25 bits per heavy atom. The maximum Gasteiger partial charge on any atom is 0.385 e. The Balaban J connectivity index is 0.00000200. The number of imide groups is 1. The number of carbonyl (C=O) groups excluding carboxylic acids is 2. The summed E-state index contributed by atoms with van der Waals surface area (Å²) < 4.78 is 0. The zero-order valence-electron chi connectivity index (χ0n) is 11.3. The molecule has 3 amide bonds. The summed E-state index contributed by atoms with van der Waals surface area (Å²) in [5.74, 6) is -0.209. The Morgan fingerprint density at radius 2 is 1.85 bits per heavy atom. The summed E-state index contributed by atoms with van der Waals surface area (Å²) in [5.41, 5.74) is 0.619. The van der Waals surface area contributed by atoms with E-state index in [1.54, 1.807) is 38.1 Å². The molecule has 6 nitrogen and oxygen atoms in total. The first-order chi connectivity index (χ1) is 8.94. The highest BCUT2D eigenvalue weighted by atomic mass is 35.5. The highest BCUT2D eigenvalue weighted by molar-refractivity contribution is 6.06. The van der Waals surface area contributed by atoms with Crippen molar-refractivity contribution in [2.75, 3.05) is 6.54 Å². The Bertz CT molecular complexity index is 563. The summed E-state index contributed by atoms with van der Waals surface area (Å²) in [6, 6.07) is 6.60. The highest BCUT2D eigenvalue weighted by Crippen LogP contribution is 2.18. The molecule has 1 aliphatic rings. The largest absolute Gasteiger partial charge is 1.00 e. The van der Waals surface area contributed by atoms with Gasteiger partial charge in [-0.2, -0.15) is 0 Å². The minimum Gasteiger partial charge on any atom is -1.00 e. The van der Waals surface area contributed by atoms with Crippen molar-refractivity contribution in [3.63, 3.8) is 0 Å². The van der Waals surface area contributed by atoms with Gasteiger partial charge in [-0.1, -0.05) is 12.1 Å². The van der Waals surface area contributed by atoms with Gasteiger partial charge in [0.05, 0.1) is 0 Å². The van der Waals surface area contributed by atoms with Crippen molar-refractivity contribution in [2.45, 2.75) is 25.8 Å². The van der Waals surface area contributed by atoms with Gasteiger partial charge in [-0.05, 0) is 25.8 Å². The van der Waals surface area contributed by atoms with Gasteiger partial charge in [0.1, 0.15) is 5.54 Å². The summed E-state index contributed by atoms with van der Waals surface area (Å²) in [6.45, 7) is 3.71. The fourth-order valence-corrected chi connectivity index (χ4v) is 1.99. The SMILES string of the molecule is CC1(C)NC(=O)N(CCc2ccc([N+]#N)cc2)C1=O.[Cl-]. The summed E-state index contributed by atoms with van der Waals surface area (Å²) in [5, 5.41) is 11.2. The van der Waals surface area contributed by atoms with Crippen molar-refractivity contribution >= 4 is 17.6 Å². The van der Waals surface area contributed by atoms with E-state index >= 15 is 0 Å². The van der Waals surface area contributed by atoms with E-state index in [9.17, 15) is 9.59 Å². The number of amides is 3. The molecule has 0 saturated carbocycles. The number of nitrogens with one attached hydrogen (secondary N) is 1. The summed E-state index contributed by atoms with van der Waals surface area (Å²) >= 11 is 0. The van der Waals surface area contributed by atoms with E-state index in [4.69, 9.17) is 5.39 Å². The fourth-order valence-electron chi connectivity index (χ4n) is 1.99. The molecule has 0 aromatic heterocycles. The average molecular weight is 295 g/mol. The van der Waals surface area contributed by atoms with Crippen LogP contribution in [0.5, 0.6) is 0 Å². The molecule has 1 aromatic carbocycles. The lowest BCUT2D eigenvalue weighted by atomic mass is 10.1. The number of hydrogen-bond acceptors (Lipinski definition) is 3. The first-order valence-corrected chi connectivity index (χ1v) is 6.02. The monoisotopic (exact) mass is 294 g/mol. The van der Waals surface area contributed by atoms with E-state index in [1.165, 1.54) is 4.90 Å². The third kappa shape index (κ3) is 3.06. The van der Waals surface area contributed by atoms with Crippen molar-refractivity contribution < 1.29 is 22.0 Å². The van der Waals surface area contributed by atoms with Gasteiger partial charge in [-0.25, -0.2) is 4.79 Å². The summed E-state index contributed by atoms with van der Waals surface area (Å²) in [4.78, 5) is 27.9. The average Bonchev–Trinajstić information content (AvgIpc) is 2.57. The Labute approximate surface area is 123 Å². The predicted molar refractivity (Wildman–Crippen MR) is 69.2 cm³/mol. The smallest absolute Gasteiger partial charge is 0.385 e. The van der Waals surface area contributed by atoms with Crippen molar-refractivity contribution in [1.29, 1.82) is 5.39 Å². The molecule has 106 valence electrons. The lowest BCUT2D eigenvalue weighted by Crippen LogP contribution is -3.00. The van der Waals surface area contributed by atoms with E-state index in [-0.39, 0.29) is 24.3 Å². The molecule has 0 radical (unpaired) electrons. The first-order valence-electron chi connectivity index (χ1n) is 6.02. The molecule has 1 fully saturated rings. The molecule has 2 rings (SSSR count). The van der Waals surface area contributed by atoms with Crippen LogP contribution in [0.25, 0.3) is 4.98 Å². The number of hydrogen-bond donors (Lipinski definition) is 1. The predicted octanol–water partition coefficient (Wildman–Crippen LogP) is -0.952. The van der Waals surface area contributed by atoms with Gasteiger partial charge < -0.3 is 17.7 Å². The Hall–Kier alpha value is -2.13. The maximum absolute atomic E-state index is 12.0. The quantitative estimate of drug-likeness (QED) is 0.577. The normalized spacial score (nSPS) is 16.4.